The molecule has 0 aliphatic carbocycles. The van der Waals surface area contributed by atoms with Crippen LogP contribution in [0.4, 0.5) is 5.69 Å². The lowest BCUT2D eigenvalue weighted by Gasteiger charge is -2.37. The van der Waals surface area contributed by atoms with Gasteiger partial charge in [-0.15, -0.1) is 0 Å². The first-order valence-electron chi connectivity index (χ1n) is 7.84. The highest BCUT2D eigenvalue weighted by atomic mass is 35.5. The van der Waals surface area contributed by atoms with E-state index in [4.69, 9.17) is 33.0 Å². The Morgan fingerprint density at radius 1 is 1.24 bits per heavy atom. The van der Waals surface area contributed by atoms with Crippen LogP contribution >= 0.6 is 35.1 Å². The second-order valence-electron chi connectivity index (χ2n) is 5.72. The Balaban J connectivity index is 1.83. The van der Waals surface area contributed by atoms with Gasteiger partial charge in [-0.05, 0) is 54.6 Å². The first kappa shape index (κ1) is 18.4. The summed E-state index contributed by atoms with van der Waals surface area (Å²) in [5.74, 6) is -0.958. The van der Waals surface area contributed by atoms with Crippen LogP contribution < -0.4 is 4.31 Å². The molecule has 4 nitrogen and oxygen atoms in total. The van der Waals surface area contributed by atoms with Gasteiger partial charge < -0.3 is 14.1 Å². The van der Waals surface area contributed by atoms with Gasteiger partial charge in [-0.1, -0.05) is 41.4 Å². The van der Waals surface area contributed by atoms with Crippen LogP contribution in [0.3, 0.4) is 0 Å². The zero-order chi connectivity index (χ0) is 17.8. The largest absolute Gasteiger partial charge is 0.480 e. The van der Waals surface area contributed by atoms with Crippen molar-refractivity contribution in [3.8, 4) is 0 Å². The maximum atomic E-state index is 10.7. The number of para-hydroxylation sites is 1. The standard InChI is InChI=1S/C18H17Cl2NO3S/c19-15-8-7-14(9-16(15)20)25-21-13(10-24-11-18(22)23)6-5-12-3-1-2-4-17(12)21/h1-4,7-9,13H,5-6,10-11H2,(H,22,23). The summed E-state index contributed by atoms with van der Waals surface area (Å²) in [7, 11) is 0. The number of benzene rings is 2. The molecule has 1 atom stereocenters. The number of carboxylic acids is 1. The third-order valence-electron chi connectivity index (χ3n) is 3.94. The number of aryl methyl sites for hydroxylation is 1. The second kappa shape index (κ2) is 8.32. The highest BCUT2D eigenvalue weighted by Crippen LogP contribution is 2.40. The number of hydrogen-bond acceptors (Lipinski definition) is 4. The number of nitrogens with zero attached hydrogens (tertiary/aromatic N) is 1. The summed E-state index contributed by atoms with van der Waals surface area (Å²) in [6, 6.07) is 13.8. The lowest BCUT2D eigenvalue weighted by molar-refractivity contribution is -0.142. The lowest BCUT2D eigenvalue weighted by Crippen LogP contribution is -2.38. The SMILES string of the molecule is O=C(O)COCC1CCc2ccccc2N1Sc1ccc(Cl)c(Cl)c1. The fraction of sp³-hybridized carbons (Fsp3) is 0.278. The predicted molar refractivity (Wildman–Crippen MR) is 102 cm³/mol. The number of ether oxygens (including phenoxy) is 1. The van der Waals surface area contributed by atoms with E-state index in [-0.39, 0.29) is 12.6 Å². The Bertz CT molecular complexity index is 772. The quantitative estimate of drug-likeness (QED) is 0.700. The van der Waals surface area contributed by atoms with E-state index < -0.39 is 5.97 Å². The maximum absolute atomic E-state index is 10.7. The van der Waals surface area contributed by atoms with Gasteiger partial charge in [0.15, 0.2) is 0 Å². The minimum Gasteiger partial charge on any atom is -0.480 e. The molecule has 2 aromatic carbocycles. The van der Waals surface area contributed by atoms with Crippen molar-refractivity contribution < 1.29 is 14.6 Å². The number of halogens is 2. The summed E-state index contributed by atoms with van der Waals surface area (Å²) >= 11 is 13.7. The molecule has 0 fully saturated rings. The van der Waals surface area contributed by atoms with Gasteiger partial charge >= 0.3 is 5.97 Å². The number of carbonyl (C=O) groups is 1. The molecule has 1 aliphatic heterocycles. The van der Waals surface area contributed by atoms with Gasteiger partial charge in [0.05, 0.1) is 28.4 Å². The number of rotatable bonds is 6. The molecule has 0 saturated carbocycles. The van der Waals surface area contributed by atoms with Crippen molar-refractivity contribution in [2.24, 2.45) is 0 Å². The van der Waals surface area contributed by atoms with E-state index >= 15 is 0 Å². The normalized spacial score (nSPS) is 16.6. The average Bonchev–Trinajstić information content (AvgIpc) is 2.59. The molecule has 0 aromatic heterocycles. The molecule has 0 saturated heterocycles. The molecule has 1 heterocycles. The highest BCUT2D eigenvalue weighted by molar-refractivity contribution is 8.00. The smallest absolute Gasteiger partial charge is 0.329 e. The summed E-state index contributed by atoms with van der Waals surface area (Å²) < 4.78 is 7.54. The van der Waals surface area contributed by atoms with Gasteiger partial charge in [-0.3, -0.25) is 0 Å². The Labute approximate surface area is 160 Å². The summed E-state index contributed by atoms with van der Waals surface area (Å²) in [5.41, 5.74) is 2.39. The molecule has 0 amide bonds. The first-order valence-corrected chi connectivity index (χ1v) is 9.37. The van der Waals surface area contributed by atoms with Crippen molar-refractivity contribution >= 4 is 46.8 Å². The van der Waals surface area contributed by atoms with Gasteiger partial charge in [0.1, 0.15) is 6.61 Å². The molecule has 0 radical (unpaired) electrons. The molecule has 1 N–H and O–H groups in total. The zero-order valence-corrected chi connectivity index (χ0v) is 15.7. The van der Waals surface area contributed by atoms with Crippen LogP contribution in [0.2, 0.25) is 10.0 Å². The molecular weight excluding hydrogens is 381 g/mol. The first-order chi connectivity index (χ1) is 12.0. The monoisotopic (exact) mass is 397 g/mol. The predicted octanol–water partition coefficient (Wildman–Crippen LogP) is 4.92. The van der Waals surface area contributed by atoms with E-state index in [9.17, 15) is 4.79 Å². The molecule has 0 spiro atoms. The third-order valence-corrected chi connectivity index (χ3v) is 5.83. The zero-order valence-electron chi connectivity index (χ0n) is 13.3. The number of fused-ring (bicyclic) bond motifs is 1. The second-order valence-corrected chi connectivity index (χ2v) is 7.58. The Hall–Kier alpha value is -1.40. The molecular formula is C18H17Cl2NO3S. The molecule has 1 unspecified atom stereocenters. The fourth-order valence-corrected chi connectivity index (χ4v) is 4.26. The molecule has 132 valence electrons. The van der Waals surface area contributed by atoms with Crippen molar-refractivity contribution in [3.63, 3.8) is 0 Å². The Kier molecular flexibility index (Phi) is 6.12. The minimum atomic E-state index is -0.958. The maximum Gasteiger partial charge on any atom is 0.329 e. The van der Waals surface area contributed by atoms with Crippen LogP contribution in [0.5, 0.6) is 0 Å². The Morgan fingerprint density at radius 3 is 2.80 bits per heavy atom. The van der Waals surface area contributed by atoms with E-state index in [0.29, 0.717) is 16.7 Å². The van der Waals surface area contributed by atoms with Gasteiger partial charge in [-0.25, -0.2) is 4.79 Å². The molecule has 25 heavy (non-hydrogen) atoms. The molecule has 1 aliphatic rings. The topological polar surface area (TPSA) is 49.8 Å². The van der Waals surface area contributed by atoms with Crippen LogP contribution in [0, 0.1) is 0 Å². The van der Waals surface area contributed by atoms with Gasteiger partial charge in [-0.2, -0.15) is 0 Å². The van der Waals surface area contributed by atoms with Gasteiger partial charge in [0.25, 0.3) is 0 Å². The van der Waals surface area contributed by atoms with Gasteiger partial charge in [0, 0.05) is 4.90 Å². The van der Waals surface area contributed by atoms with E-state index in [1.165, 1.54) is 5.56 Å². The summed E-state index contributed by atoms with van der Waals surface area (Å²) in [5, 5.41) is 9.82. The van der Waals surface area contributed by atoms with Crippen molar-refractivity contribution in [1.29, 1.82) is 0 Å². The van der Waals surface area contributed by atoms with Crippen molar-refractivity contribution in [1.82, 2.24) is 0 Å². The average molecular weight is 398 g/mol. The number of hydrogen-bond donors (Lipinski definition) is 1. The van der Waals surface area contributed by atoms with E-state index in [1.54, 1.807) is 18.0 Å². The molecule has 7 heteroatoms. The molecule has 3 rings (SSSR count). The highest BCUT2D eigenvalue weighted by Gasteiger charge is 2.27. The number of anilines is 1. The van der Waals surface area contributed by atoms with Crippen LogP contribution in [0.25, 0.3) is 0 Å². The number of carboxylic acid groups (broad SMARTS) is 1. The summed E-state index contributed by atoms with van der Waals surface area (Å²) in [4.78, 5) is 11.7. The molecule has 2 aromatic rings. The third kappa shape index (κ3) is 4.61. The fourth-order valence-electron chi connectivity index (χ4n) is 2.78. The van der Waals surface area contributed by atoms with Gasteiger partial charge in [0.2, 0.25) is 0 Å². The van der Waals surface area contributed by atoms with Crippen LogP contribution in [-0.2, 0) is 16.0 Å². The van der Waals surface area contributed by atoms with E-state index in [0.717, 1.165) is 23.4 Å². The summed E-state index contributed by atoms with van der Waals surface area (Å²) in [6.07, 6.45) is 1.83. The van der Waals surface area contributed by atoms with Crippen LogP contribution in [-0.4, -0.2) is 30.3 Å². The summed E-state index contributed by atoms with van der Waals surface area (Å²) in [6.45, 7) is 0.0678. The lowest BCUT2D eigenvalue weighted by atomic mass is 9.98. The van der Waals surface area contributed by atoms with Crippen LogP contribution in [0.15, 0.2) is 47.4 Å². The van der Waals surface area contributed by atoms with E-state index in [1.807, 2.05) is 24.3 Å². The van der Waals surface area contributed by atoms with Crippen molar-refractivity contribution in [2.75, 3.05) is 17.5 Å². The van der Waals surface area contributed by atoms with Crippen LogP contribution in [0.1, 0.15) is 12.0 Å². The Morgan fingerprint density at radius 2 is 2.04 bits per heavy atom. The van der Waals surface area contributed by atoms with Crippen molar-refractivity contribution in [2.45, 2.75) is 23.8 Å². The minimum absolute atomic E-state index is 0.0775. The molecule has 0 bridgehead atoms. The van der Waals surface area contributed by atoms with E-state index in [2.05, 4.69) is 16.4 Å². The number of aliphatic carboxylic acids is 1. The van der Waals surface area contributed by atoms with Crippen molar-refractivity contribution in [3.05, 3.63) is 58.1 Å².